The Morgan fingerprint density at radius 3 is 3.13 bits per heavy atom. The minimum atomic E-state index is -0.166. The van der Waals surface area contributed by atoms with E-state index in [4.69, 9.17) is 15.6 Å². The molecule has 0 bridgehead atoms. The van der Waals surface area contributed by atoms with Crippen LogP contribution in [-0.4, -0.2) is 68.0 Å². The van der Waals surface area contributed by atoms with Crippen molar-refractivity contribution < 1.29 is 14.6 Å². The van der Waals surface area contributed by atoms with Gasteiger partial charge in [0, 0.05) is 26.2 Å². The molecule has 1 atom stereocenters. The molecular formula is C9H19N3O3. The van der Waals surface area contributed by atoms with Crippen LogP contribution in [-0.2, 0) is 9.53 Å². The minimum absolute atomic E-state index is 0.000912. The first-order chi connectivity index (χ1) is 7.26. The molecule has 6 nitrogen and oxygen atoms in total. The number of rotatable bonds is 5. The lowest BCUT2D eigenvalue weighted by molar-refractivity contribution is -0.124. The summed E-state index contributed by atoms with van der Waals surface area (Å²) in [7, 11) is 0. The molecule has 0 saturated carbocycles. The van der Waals surface area contributed by atoms with Crippen LogP contribution in [0.5, 0.6) is 0 Å². The fourth-order valence-electron chi connectivity index (χ4n) is 1.51. The Morgan fingerprint density at radius 2 is 2.47 bits per heavy atom. The van der Waals surface area contributed by atoms with Crippen molar-refractivity contribution in [1.29, 1.82) is 0 Å². The number of nitrogens with two attached hydrogens (primary N) is 1. The van der Waals surface area contributed by atoms with E-state index in [1.807, 2.05) is 4.90 Å². The molecule has 0 aromatic rings. The Hall–Kier alpha value is -0.690. The number of nitrogens with zero attached hydrogens (tertiary/aromatic N) is 1. The molecule has 1 aliphatic heterocycles. The summed E-state index contributed by atoms with van der Waals surface area (Å²) < 4.78 is 5.28. The van der Waals surface area contributed by atoms with E-state index in [-0.39, 0.29) is 18.6 Å². The van der Waals surface area contributed by atoms with Crippen molar-refractivity contribution in [2.24, 2.45) is 5.73 Å². The van der Waals surface area contributed by atoms with Crippen LogP contribution in [0, 0.1) is 0 Å². The van der Waals surface area contributed by atoms with Gasteiger partial charge in [0.1, 0.15) is 0 Å². The topological polar surface area (TPSA) is 87.8 Å². The van der Waals surface area contributed by atoms with Crippen LogP contribution < -0.4 is 11.1 Å². The van der Waals surface area contributed by atoms with Crippen LogP contribution in [0.2, 0.25) is 0 Å². The highest BCUT2D eigenvalue weighted by atomic mass is 16.5. The number of morpholine rings is 1. The molecule has 0 spiro atoms. The Morgan fingerprint density at radius 1 is 1.67 bits per heavy atom. The third kappa shape index (κ3) is 4.57. The molecule has 1 fully saturated rings. The maximum Gasteiger partial charge on any atom is 0.234 e. The molecule has 88 valence electrons. The van der Waals surface area contributed by atoms with Gasteiger partial charge in [0.15, 0.2) is 0 Å². The van der Waals surface area contributed by atoms with Crippen LogP contribution in [0.15, 0.2) is 0 Å². The van der Waals surface area contributed by atoms with Gasteiger partial charge in [-0.1, -0.05) is 0 Å². The molecule has 0 aliphatic carbocycles. The lowest BCUT2D eigenvalue weighted by atomic mass is 10.3. The summed E-state index contributed by atoms with van der Waals surface area (Å²) in [6, 6.07) is 0. The van der Waals surface area contributed by atoms with Gasteiger partial charge in [-0.25, -0.2) is 0 Å². The number of hydrogen-bond acceptors (Lipinski definition) is 5. The summed E-state index contributed by atoms with van der Waals surface area (Å²) in [6.45, 7) is 3.20. The first-order valence-electron chi connectivity index (χ1n) is 5.18. The number of hydrogen-bond donors (Lipinski definition) is 3. The Labute approximate surface area is 89.4 Å². The highest BCUT2D eigenvalue weighted by Gasteiger charge is 2.20. The van der Waals surface area contributed by atoms with E-state index in [0.717, 1.165) is 6.54 Å². The maximum atomic E-state index is 11.4. The first kappa shape index (κ1) is 12.4. The Balaban J connectivity index is 2.22. The van der Waals surface area contributed by atoms with E-state index in [0.29, 0.717) is 32.8 Å². The standard InChI is InChI=1S/C9H19N3O3/c10-1-2-11-9(14)6-12-3-4-15-8(5-12)7-13/h8,13H,1-7,10H2,(H,11,14). The zero-order valence-electron chi connectivity index (χ0n) is 8.82. The Bertz CT molecular complexity index is 201. The fraction of sp³-hybridized carbons (Fsp3) is 0.889. The van der Waals surface area contributed by atoms with Crippen molar-refractivity contribution in [3.8, 4) is 0 Å². The zero-order valence-corrected chi connectivity index (χ0v) is 8.82. The third-order valence-corrected chi connectivity index (χ3v) is 2.26. The van der Waals surface area contributed by atoms with Crippen molar-refractivity contribution in [2.45, 2.75) is 6.10 Å². The summed E-state index contributed by atoms with van der Waals surface area (Å²) in [5, 5.41) is 11.6. The molecule has 6 heteroatoms. The van der Waals surface area contributed by atoms with E-state index in [9.17, 15) is 4.79 Å². The summed E-state index contributed by atoms with van der Waals surface area (Å²) in [4.78, 5) is 13.3. The number of amides is 1. The molecule has 0 aromatic carbocycles. The first-order valence-corrected chi connectivity index (χ1v) is 5.18. The normalized spacial score (nSPS) is 22.7. The molecule has 4 N–H and O–H groups in total. The van der Waals surface area contributed by atoms with Gasteiger partial charge in [0.25, 0.3) is 0 Å². The van der Waals surface area contributed by atoms with E-state index in [1.165, 1.54) is 0 Å². The lowest BCUT2D eigenvalue weighted by Crippen LogP contribution is -2.48. The van der Waals surface area contributed by atoms with Crippen molar-refractivity contribution in [3.63, 3.8) is 0 Å². The number of ether oxygens (including phenoxy) is 1. The SMILES string of the molecule is NCCNC(=O)CN1CCOC(CO)C1. The smallest absolute Gasteiger partial charge is 0.234 e. The van der Waals surface area contributed by atoms with Crippen molar-refractivity contribution >= 4 is 5.91 Å². The molecule has 1 amide bonds. The van der Waals surface area contributed by atoms with Gasteiger partial charge in [-0.05, 0) is 0 Å². The molecule has 0 aromatic heterocycles. The predicted octanol–water partition coefficient (Wildman–Crippen LogP) is -2.25. The average Bonchev–Trinajstić information content (AvgIpc) is 2.26. The van der Waals surface area contributed by atoms with Gasteiger partial charge in [-0.15, -0.1) is 0 Å². The quantitative estimate of drug-likeness (QED) is 0.484. The van der Waals surface area contributed by atoms with Crippen molar-refractivity contribution in [1.82, 2.24) is 10.2 Å². The number of carbonyl (C=O) groups is 1. The van der Waals surface area contributed by atoms with E-state index in [2.05, 4.69) is 5.32 Å². The van der Waals surface area contributed by atoms with Crippen molar-refractivity contribution in [3.05, 3.63) is 0 Å². The molecule has 1 rings (SSSR count). The van der Waals surface area contributed by atoms with Crippen LogP contribution >= 0.6 is 0 Å². The molecule has 1 heterocycles. The summed E-state index contributed by atoms with van der Waals surface area (Å²) >= 11 is 0. The van der Waals surface area contributed by atoms with Gasteiger partial charge in [-0.2, -0.15) is 0 Å². The second-order valence-electron chi connectivity index (χ2n) is 3.55. The molecule has 0 radical (unpaired) electrons. The second-order valence-corrected chi connectivity index (χ2v) is 3.55. The van der Waals surface area contributed by atoms with Gasteiger partial charge in [0.05, 0.1) is 25.9 Å². The lowest BCUT2D eigenvalue weighted by Gasteiger charge is -2.31. The summed E-state index contributed by atoms with van der Waals surface area (Å²) in [6.07, 6.45) is -0.166. The highest BCUT2D eigenvalue weighted by Crippen LogP contribution is 2.03. The number of aliphatic hydroxyl groups excluding tert-OH is 1. The molecule has 1 aliphatic rings. The molecule has 1 unspecified atom stereocenters. The van der Waals surface area contributed by atoms with Gasteiger partial charge in [-0.3, -0.25) is 9.69 Å². The maximum absolute atomic E-state index is 11.4. The predicted molar refractivity (Wildman–Crippen MR) is 55.3 cm³/mol. The molecular weight excluding hydrogens is 198 g/mol. The van der Waals surface area contributed by atoms with E-state index in [1.54, 1.807) is 0 Å². The average molecular weight is 217 g/mol. The van der Waals surface area contributed by atoms with E-state index >= 15 is 0 Å². The minimum Gasteiger partial charge on any atom is -0.394 e. The number of nitrogens with one attached hydrogen (secondary N) is 1. The summed E-state index contributed by atoms with van der Waals surface area (Å²) in [5.74, 6) is -0.0287. The van der Waals surface area contributed by atoms with Crippen molar-refractivity contribution in [2.75, 3.05) is 45.9 Å². The third-order valence-electron chi connectivity index (χ3n) is 2.26. The molecule has 1 saturated heterocycles. The monoisotopic (exact) mass is 217 g/mol. The highest BCUT2D eigenvalue weighted by molar-refractivity contribution is 5.78. The fourth-order valence-corrected chi connectivity index (χ4v) is 1.51. The van der Waals surface area contributed by atoms with Crippen LogP contribution in [0.3, 0.4) is 0 Å². The van der Waals surface area contributed by atoms with E-state index < -0.39 is 0 Å². The Kier molecular flexibility index (Phi) is 5.56. The van der Waals surface area contributed by atoms with Gasteiger partial charge >= 0.3 is 0 Å². The van der Waals surface area contributed by atoms with Crippen LogP contribution in [0.4, 0.5) is 0 Å². The van der Waals surface area contributed by atoms with Gasteiger partial charge in [0.2, 0.25) is 5.91 Å². The largest absolute Gasteiger partial charge is 0.394 e. The number of aliphatic hydroxyl groups is 1. The zero-order chi connectivity index (χ0) is 11.1. The summed E-state index contributed by atoms with van der Waals surface area (Å²) in [5.41, 5.74) is 5.27. The van der Waals surface area contributed by atoms with Crippen LogP contribution in [0.25, 0.3) is 0 Å². The van der Waals surface area contributed by atoms with Crippen LogP contribution in [0.1, 0.15) is 0 Å². The van der Waals surface area contributed by atoms with Gasteiger partial charge < -0.3 is 20.9 Å². The number of carbonyl (C=O) groups excluding carboxylic acids is 1. The second kappa shape index (κ2) is 6.73. The molecule has 15 heavy (non-hydrogen) atoms.